The number of hydroxylamine groups is 1. The summed E-state index contributed by atoms with van der Waals surface area (Å²) in [4.78, 5) is 15.0. The van der Waals surface area contributed by atoms with E-state index in [1.54, 1.807) is 0 Å². The average Bonchev–Trinajstić information content (AvgIpc) is 2.31. The fraction of sp³-hybridized carbons (Fsp3) is 0.750. The lowest BCUT2D eigenvalue weighted by Crippen LogP contribution is -2.26. The highest BCUT2D eigenvalue weighted by molar-refractivity contribution is 7.98. The van der Waals surface area contributed by atoms with Crippen LogP contribution in [0, 0.1) is 0 Å². The summed E-state index contributed by atoms with van der Waals surface area (Å²) >= 11 is 6.90. The third-order valence-corrected chi connectivity index (χ3v) is 2.16. The van der Waals surface area contributed by atoms with E-state index in [4.69, 9.17) is 22.2 Å². The molecule has 7 heteroatoms. The fourth-order valence-corrected chi connectivity index (χ4v) is 1.49. The smallest absolute Gasteiger partial charge is 0.245 e. The van der Waals surface area contributed by atoms with Crippen LogP contribution in [0.1, 0.15) is 0 Å². The van der Waals surface area contributed by atoms with Gasteiger partial charge in [-0.2, -0.15) is 0 Å². The number of carbonyl (C=O) groups excluding carboxylic acids is 1. The Labute approximate surface area is 73.3 Å². The molecule has 5 nitrogen and oxygen atoms in total. The van der Waals surface area contributed by atoms with Crippen molar-refractivity contribution >= 4 is 29.5 Å². The number of carbonyl (C=O) groups is 1. The van der Waals surface area contributed by atoms with Gasteiger partial charge < -0.3 is 5.73 Å². The number of alkyl halides is 1. The van der Waals surface area contributed by atoms with Gasteiger partial charge in [-0.3, -0.25) is 14.9 Å². The van der Waals surface area contributed by atoms with Gasteiger partial charge >= 0.3 is 0 Å². The first-order valence-electron chi connectivity index (χ1n) is 2.91. The summed E-state index contributed by atoms with van der Waals surface area (Å²) in [6.45, 7) is 0.379. The highest BCUT2D eigenvalue weighted by Gasteiger charge is 2.21. The number of halogens is 1. The van der Waals surface area contributed by atoms with E-state index in [1.165, 1.54) is 16.4 Å². The molecule has 1 aliphatic rings. The van der Waals surface area contributed by atoms with Crippen molar-refractivity contribution in [2.45, 2.75) is 4.83 Å². The Morgan fingerprint density at radius 3 is 3.18 bits per heavy atom. The van der Waals surface area contributed by atoms with Crippen LogP contribution >= 0.6 is 23.5 Å². The summed E-state index contributed by atoms with van der Waals surface area (Å²) in [7, 11) is 0. The Kier molecular flexibility index (Phi) is 3.41. The molecule has 1 fully saturated rings. The van der Waals surface area contributed by atoms with Crippen LogP contribution in [0.3, 0.4) is 0 Å². The van der Waals surface area contributed by atoms with E-state index in [0.29, 0.717) is 6.67 Å². The SMILES string of the molecule is NC(=O)CON1CNC(Cl)S1. The number of nitrogens with zero attached hydrogens (tertiary/aromatic N) is 1. The fourth-order valence-electron chi connectivity index (χ4n) is 0.536. The van der Waals surface area contributed by atoms with Gasteiger partial charge in [0.05, 0.1) is 6.67 Å². The van der Waals surface area contributed by atoms with E-state index in [-0.39, 0.29) is 11.4 Å². The van der Waals surface area contributed by atoms with E-state index in [0.717, 1.165) is 0 Å². The zero-order valence-corrected chi connectivity index (χ0v) is 7.19. The molecule has 0 radical (unpaired) electrons. The number of rotatable bonds is 3. The molecule has 1 rings (SSSR count). The largest absolute Gasteiger partial charge is 0.368 e. The molecular formula is C4H8ClN3O2S. The monoisotopic (exact) mass is 197 g/mol. The predicted molar refractivity (Wildman–Crippen MR) is 42.2 cm³/mol. The van der Waals surface area contributed by atoms with Crippen LogP contribution in [-0.2, 0) is 9.63 Å². The average molecular weight is 198 g/mol. The number of hydrogen-bond acceptors (Lipinski definition) is 5. The summed E-state index contributed by atoms with van der Waals surface area (Å²) in [6.07, 6.45) is 0. The summed E-state index contributed by atoms with van der Waals surface area (Å²) in [6, 6.07) is 0. The number of hydrogen-bond donors (Lipinski definition) is 2. The van der Waals surface area contributed by atoms with E-state index in [1.807, 2.05) is 0 Å². The van der Waals surface area contributed by atoms with Crippen LogP contribution in [0.5, 0.6) is 0 Å². The number of amides is 1. The molecule has 1 unspecified atom stereocenters. The van der Waals surface area contributed by atoms with Gasteiger partial charge in [0, 0.05) is 0 Å². The standard InChI is InChI=1S/C4H8ClN3O2S/c5-4-7-2-8(11-4)10-1-3(6)9/h4,7H,1-2H2,(H2,6,9). The topological polar surface area (TPSA) is 67.6 Å². The summed E-state index contributed by atoms with van der Waals surface area (Å²) < 4.78 is 1.47. The van der Waals surface area contributed by atoms with Crippen LogP contribution in [0.2, 0.25) is 0 Å². The lowest BCUT2D eigenvalue weighted by molar-refractivity contribution is -0.135. The molecule has 0 bridgehead atoms. The van der Waals surface area contributed by atoms with Crippen molar-refractivity contribution in [3.05, 3.63) is 0 Å². The molecule has 11 heavy (non-hydrogen) atoms. The van der Waals surface area contributed by atoms with Gasteiger partial charge in [-0.05, 0) is 11.9 Å². The molecule has 1 amide bonds. The van der Waals surface area contributed by atoms with E-state index in [9.17, 15) is 4.79 Å². The van der Waals surface area contributed by atoms with Crippen molar-refractivity contribution in [1.29, 1.82) is 0 Å². The van der Waals surface area contributed by atoms with Gasteiger partial charge in [0.15, 0.2) is 0 Å². The lowest BCUT2D eigenvalue weighted by Gasteiger charge is -2.09. The van der Waals surface area contributed by atoms with Gasteiger partial charge in [-0.25, -0.2) is 0 Å². The zero-order valence-electron chi connectivity index (χ0n) is 5.62. The van der Waals surface area contributed by atoms with Crippen molar-refractivity contribution in [3.63, 3.8) is 0 Å². The molecule has 0 aromatic heterocycles. The number of primary amides is 1. The van der Waals surface area contributed by atoms with Crippen LogP contribution in [-0.4, -0.2) is 28.5 Å². The van der Waals surface area contributed by atoms with Crippen LogP contribution in [0.25, 0.3) is 0 Å². The summed E-state index contributed by atoms with van der Waals surface area (Å²) in [5, 5.41) is 2.87. The van der Waals surface area contributed by atoms with E-state index < -0.39 is 5.91 Å². The normalized spacial score (nSPS) is 25.7. The Balaban J connectivity index is 2.13. The van der Waals surface area contributed by atoms with E-state index >= 15 is 0 Å². The van der Waals surface area contributed by atoms with E-state index in [2.05, 4.69) is 5.32 Å². The second kappa shape index (κ2) is 4.13. The molecule has 0 spiro atoms. The molecule has 0 aromatic rings. The number of nitrogens with one attached hydrogen (secondary N) is 1. The van der Waals surface area contributed by atoms with Gasteiger partial charge in [0.25, 0.3) is 0 Å². The Morgan fingerprint density at radius 1 is 2.00 bits per heavy atom. The maximum absolute atomic E-state index is 10.2. The highest BCUT2D eigenvalue weighted by atomic mass is 35.5. The molecule has 3 N–H and O–H groups in total. The Bertz CT molecular complexity index is 158. The minimum Gasteiger partial charge on any atom is -0.368 e. The van der Waals surface area contributed by atoms with Gasteiger partial charge in [0.1, 0.15) is 11.4 Å². The van der Waals surface area contributed by atoms with Crippen molar-refractivity contribution < 1.29 is 9.63 Å². The maximum Gasteiger partial charge on any atom is 0.245 e. The molecular weight excluding hydrogens is 190 g/mol. The molecule has 0 saturated carbocycles. The van der Waals surface area contributed by atoms with Crippen LogP contribution in [0.4, 0.5) is 0 Å². The van der Waals surface area contributed by atoms with Gasteiger partial charge in [-0.1, -0.05) is 11.6 Å². The summed E-state index contributed by atoms with van der Waals surface area (Å²) in [5.74, 6) is -0.497. The second-order valence-electron chi connectivity index (χ2n) is 1.86. The first-order chi connectivity index (χ1) is 5.18. The van der Waals surface area contributed by atoms with Crippen LogP contribution in [0.15, 0.2) is 0 Å². The second-order valence-corrected chi connectivity index (χ2v) is 3.64. The predicted octanol–water partition coefficient (Wildman–Crippen LogP) is -0.563. The first-order valence-corrected chi connectivity index (χ1v) is 4.19. The third-order valence-electron chi connectivity index (χ3n) is 0.942. The molecule has 0 aromatic carbocycles. The molecule has 1 aliphatic heterocycles. The third kappa shape index (κ3) is 3.26. The van der Waals surface area contributed by atoms with Crippen molar-refractivity contribution in [3.8, 4) is 0 Å². The molecule has 1 heterocycles. The molecule has 64 valence electrons. The van der Waals surface area contributed by atoms with Crippen molar-refractivity contribution in [1.82, 2.24) is 9.79 Å². The minimum atomic E-state index is -0.497. The van der Waals surface area contributed by atoms with Crippen molar-refractivity contribution in [2.24, 2.45) is 5.73 Å². The minimum absolute atomic E-state index is 0.113. The van der Waals surface area contributed by atoms with Crippen LogP contribution < -0.4 is 11.1 Å². The zero-order chi connectivity index (χ0) is 8.27. The number of nitrogens with two attached hydrogens (primary N) is 1. The Hall–Kier alpha value is -0.0100. The van der Waals surface area contributed by atoms with Crippen molar-refractivity contribution in [2.75, 3.05) is 13.3 Å². The summed E-state index contributed by atoms with van der Waals surface area (Å²) in [5.41, 5.74) is 4.85. The lowest BCUT2D eigenvalue weighted by atomic mass is 10.7. The first kappa shape index (κ1) is 9.08. The Morgan fingerprint density at radius 2 is 2.73 bits per heavy atom. The molecule has 1 atom stereocenters. The highest BCUT2D eigenvalue weighted by Crippen LogP contribution is 2.23. The quantitative estimate of drug-likeness (QED) is 0.361. The van der Waals surface area contributed by atoms with Gasteiger partial charge in [-0.15, -0.1) is 4.47 Å². The molecule has 0 aliphatic carbocycles. The molecule has 1 saturated heterocycles. The maximum atomic E-state index is 10.2. The van der Waals surface area contributed by atoms with Gasteiger partial charge in [0.2, 0.25) is 5.91 Å².